The van der Waals surface area contributed by atoms with Gasteiger partial charge in [-0.25, -0.2) is 9.97 Å². The molecule has 3 aromatic heterocycles. The fourth-order valence-corrected chi connectivity index (χ4v) is 6.11. The molecule has 3 unspecified atom stereocenters. The number of pyridine rings is 2. The third-order valence-electron chi connectivity index (χ3n) is 6.88. The molecule has 180 valence electrons. The molecule has 4 N–H and O–H groups in total. The SMILES string of the molecule is CCNC1CN(c2ccc3c(n2)CCC(NC(=O)c2sc4nc(C)ccc4c2N)C3)CC1OC. The van der Waals surface area contributed by atoms with E-state index in [1.807, 2.05) is 19.1 Å². The molecular weight excluding hydrogens is 448 g/mol. The van der Waals surface area contributed by atoms with Crippen molar-refractivity contribution >= 4 is 39.0 Å². The molecule has 0 spiro atoms. The summed E-state index contributed by atoms with van der Waals surface area (Å²) in [4.78, 5) is 26.2. The second-order valence-corrected chi connectivity index (χ2v) is 10.2. The Kier molecular flexibility index (Phi) is 6.42. The zero-order valence-electron chi connectivity index (χ0n) is 19.9. The van der Waals surface area contributed by atoms with E-state index in [2.05, 4.69) is 39.6 Å². The fourth-order valence-electron chi connectivity index (χ4n) is 5.07. The molecule has 8 nitrogen and oxygen atoms in total. The number of nitrogens with one attached hydrogen (secondary N) is 2. The largest absolute Gasteiger partial charge is 0.397 e. The Hall–Kier alpha value is -2.75. The Balaban J connectivity index is 1.26. The highest BCUT2D eigenvalue weighted by molar-refractivity contribution is 7.21. The maximum atomic E-state index is 13.0. The number of rotatable bonds is 6. The van der Waals surface area contributed by atoms with Crippen LogP contribution in [0.4, 0.5) is 11.5 Å². The van der Waals surface area contributed by atoms with E-state index in [-0.39, 0.29) is 18.1 Å². The zero-order chi connectivity index (χ0) is 23.8. The van der Waals surface area contributed by atoms with E-state index in [1.54, 1.807) is 7.11 Å². The molecule has 9 heteroatoms. The van der Waals surface area contributed by atoms with E-state index >= 15 is 0 Å². The van der Waals surface area contributed by atoms with E-state index in [4.69, 9.17) is 15.5 Å². The Labute approximate surface area is 203 Å². The molecular formula is C25H32N6O2S. The van der Waals surface area contributed by atoms with Gasteiger partial charge in [0.15, 0.2) is 0 Å². The normalized spacial score (nSPS) is 22.2. The molecule has 1 aliphatic carbocycles. The number of nitrogens with two attached hydrogens (primary N) is 1. The van der Waals surface area contributed by atoms with Crippen molar-refractivity contribution in [3.05, 3.63) is 46.1 Å². The van der Waals surface area contributed by atoms with E-state index < -0.39 is 0 Å². The van der Waals surface area contributed by atoms with Crippen LogP contribution in [0.3, 0.4) is 0 Å². The number of hydrogen-bond acceptors (Lipinski definition) is 8. The molecule has 4 heterocycles. The number of hydrogen-bond donors (Lipinski definition) is 3. The number of fused-ring (bicyclic) bond motifs is 2. The third kappa shape index (κ3) is 4.35. The molecule has 1 amide bonds. The lowest BCUT2D eigenvalue weighted by molar-refractivity contribution is 0.0938. The van der Waals surface area contributed by atoms with E-state index in [1.165, 1.54) is 16.9 Å². The summed E-state index contributed by atoms with van der Waals surface area (Å²) in [6.07, 6.45) is 2.64. The lowest BCUT2D eigenvalue weighted by atomic mass is 9.91. The summed E-state index contributed by atoms with van der Waals surface area (Å²) in [5.41, 5.74) is 10.0. The molecule has 1 aliphatic heterocycles. The van der Waals surface area contributed by atoms with E-state index in [0.29, 0.717) is 16.6 Å². The quantitative estimate of drug-likeness (QED) is 0.498. The minimum Gasteiger partial charge on any atom is -0.397 e. The van der Waals surface area contributed by atoms with Crippen molar-refractivity contribution in [2.45, 2.75) is 51.3 Å². The van der Waals surface area contributed by atoms with Gasteiger partial charge in [-0.2, -0.15) is 0 Å². The maximum Gasteiger partial charge on any atom is 0.263 e. The van der Waals surface area contributed by atoms with Gasteiger partial charge < -0.3 is 26.0 Å². The predicted molar refractivity (Wildman–Crippen MR) is 137 cm³/mol. The Morgan fingerprint density at radius 3 is 2.91 bits per heavy atom. The number of carbonyl (C=O) groups is 1. The van der Waals surface area contributed by atoms with Gasteiger partial charge in [-0.05, 0) is 56.5 Å². The van der Waals surface area contributed by atoms with Crippen LogP contribution in [0.2, 0.25) is 0 Å². The van der Waals surface area contributed by atoms with Crippen LogP contribution in [0.1, 0.15) is 40.0 Å². The topological polar surface area (TPSA) is 105 Å². The zero-order valence-corrected chi connectivity index (χ0v) is 20.7. The fraction of sp³-hybridized carbons (Fsp3) is 0.480. The number of likely N-dealkylation sites (N-methyl/N-ethyl adjacent to an activating group) is 1. The second kappa shape index (κ2) is 9.48. The number of carbonyl (C=O) groups excluding carboxylic acids is 1. The number of ether oxygens (including phenoxy) is 1. The summed E-state index contributed by atoms with van der Waals surface area (Å²) in [6.45, 7) is 6.71. The first-order chi connectivity index (χ1) is 16.5. The Bertz CT molecular complexity index is 1210. The predicted octanol–water partition coefficient (Wildman–Crippen LogP) is 2.68. The molecule has 3 atom stereocenters. The van der Waals surface area contributed by atoms with Gasteiger partial charge in [0.25, 0.3) is 5.91 Å². The average molecular weight is 481 g/mol. The molecule has 5 rings (SSSR count). The highest BCUT2D eigenvalue weighted by atomic mass is 32.1. The lowest BCUT2D eigenvalue weighted by Gasteiger charge is -2.26. The lowest BCUT2D eigenvalue weighted by Crippen LogP contribution is -2.40. The van der Waals surface area contributed by atoms with Crippen molar-refractivity contribution in [3.8, 4) is 0 Å². The summed E-state index contributed by atoms with van der Waals surface area (Å²) >= 11 is 1.36. The van der Waals surface area contributed by atoms with Gasteiger partial charge in [-0.3, -0.25) is 4.79 Å². The van der Waals surface area contributed by atoms with Crippen LogP contribution in [-0.2, 0) is 17.6 Å². The third-order valence-corrected chi connectivity index (χ3v) is 8.00. The van der Waals surface area contributed by atoms with Gasteiger partial charge >= 0.3 is 0 Å². The number of thiophene rings is 1. The highest BCUT2D eigenvalue weighted by Crippen LogP contribution is 2.33. The van der Waals surface area contributed by atoms with Crippen molar-refractivity contribution in [2.24, 2.45) is 0 Å². The first-order valence-electron chi connectivity index (χ1n) is 11.9. The maximum absolute atomic E-state index is 13.0. The van der Waals surface area contributed by atoms with E-state index in [9.17, 15) is 4.79 Å². The minimum absolute atomic E-state index is 0.0646. The molecule has 1 fully saturated rings. The van der Waals surface area contributed by atoms with Gasteiger partial charge in [-0.1, -0.05) is 13.0 Å². The molecule has 1 saturated heterocycles. The van der Waals surface area contributed by atoms with Crippen LogP contribution in [0.5, 0.6) is 0 Å². The number of methoxy groups -OCH3 is 1. The summed E-state index contributed by atoms with van der Waals surface area (Å²) in [5, 5.41) is 7.56. The summed E-state index contributed by atoms with van der Waals surface area (Å²) in [5.74, 6) is 0.887. The van der Waals surface area contributed by atoms with Crippen LogP contribution in [-0.4, -0.2) is 60.8 Å². The summed E-state index contributed by atoms with van der Waals surface area (Å²) < 4.78 is 5.68. The van der Waals surface area contributed by atoms with Crippen LogP contribution < -0.4 is 21.3 Å². The van der Waals surface area contributed by atoms with Crippen LogP contribution in [0, 0.1) is 6.92 Å². The van der Waals surface area contributed by atoms with Gasteiger partial charge in [-0.15, -0.1) is 11.3 Å². The molecule has 3 aromatic rings. The molecule has 34 heavy (non-hydrogen) atoms. The van der Waals surface area contributed by atoms with Gasteiger partial charge in [0, 0.05) is 43.0 Å². The average Bonchev–Trinajstić information content (AvgIpc) is 3.39. The van der Waals surface area contributed by atoms with Crippen molar-refractivity contribution in [2.75, 3.05) is 37.4 Å². The Morgan fingerprint density at radius 1 is 1.26 bits per heavy atom. The van der Waals surface area contributed by atoms with E-state index in [0.717, 1.165) is 66.3 Å². The highest BCUT2D eigenvalue weighted by Gasteiger charge is 2.33. The van der Waals surface area contributed by atoms with Crippen molar-refractivity contribution in [3.63, 3.8) is 0 Å². The molecule has 0 aromatic carbocycles. The number of aromatic nitrogens is 2. The summed E-state index contributed by atoms with van der Waals surface area (Å²) in [6, 6.07) is 8.50. The first kappa shape index (κ1) is 23.0. The number of nitrogen functional groups attached to an aromatic ring is 1. The number of aryl methyl sites for hydroxylation is 2. The monoisotopic (exact) mass is 480 g/mol. The number of nitrogens with zero attached hydrogens (tertiary/aromatic N) is 3. The molecule has 0 radical (unpaired) electrons. The first-order valence-corrected chi connectivity index (χ1v) is 12.7. The number of amides is 1. The Morgan fingerprint density at radius 2 is 2.12 bits per heavy atom. The van der Waals surface area contributed by atoms with Crippen molar-refractivity contribution < 1.29 is 9.53 Å². The number of anilines is 2. The smallest absolute Gasteiger partial charge is 0.263 e. The van der Waals surface area contributed by atoms with Crippen LogP contribution in [0.25, 0.3) is 10.2 Å². The standard InChI is InChI=1S/C25H32N6O2S/c1-4-27-19-12-31(13-20(19)33-3)21-10-6-15-11-16(7-9-18(15)30-21)29-24(32)23-22(26)17-8-5-14(2)28-25(17)34-23/h5-6,8,10,16,19-20,27H,4,7,9,11-13,26H2,1-3H3,(H,29,32). The van der Waals surface area contributed by atoms with Crippen LogP contribution in [0.15, 0.2) is 24.3 Å². The minimum atomic E-state index is -0.117. The van der Waals surface area contributed by atoms with Gasteiger partial charge in [0.2, 0.25) is 0 Å². The van der Waals surface area contributed by atoms with Crippen LogP contribution >= 0.6 is 11.3 Å². The van der Waals surface area contributed by atoms with Crippen molar-refractivity contribution in [1.29, 1.82) is 0 Å². The van der Waals surface area contributed by atoms with Crippen molar-refractivity contribution in [1.82, 2.24) is 20.6 Å². The summed E-state index contributed by atoms with van der Waals surface area (Å²) in [7, 11) is 1.78. The molecule has 0 saturated carbocycles. The molecule has 2 aliphatic rings. The molecule has 0 bridgehead atoms. The van der Waals surface area contributed by atoms with Gasteiger partial charge in [0.1, 0.15) is 15.5 Å². The second-order valence-electron chi connectivity index (χ2n) is 9.18. The van der Waals surface area contributed by atoms with Gasteiger partial charge in [0.05, 0.1) is 17.8 Å².